The van der Waals surface area contributed by atoms with Gasteiger partial charge < -0.3 is 14.6 Å². The molecule has 1 saturated carbocycles. The van der Waals surface area contributed by atoms with Crippen molar-refractivity contribution in [2.24, 2.45) is 0 Å². The standard InChI is InChI=1S/C31H32FN5O4S/c1-3-36(31-33-25(18-42-31)20-6-4-19(2)5-7-20)28(38)17-34-10-12-35(13-11-34)27-15-26-22(14-24(27)32)29(39)23(30(40)41)16-37(26)21-8-9-21/h4-7,14-16,18,21H,3,8-13,17H2,1-2H3,(H,40,41). The molecule has 0 atom stereocenters. The first-order valence-electron chi connectivity index (χ1n) is 14.2. The molecule has 11 heteroatoms. The van der Waals surface area contributed by atoms with Crippen molar-refractivity contribution in [3.05, 3.63) is 75.1 Å². The lowest BCUT2D eigenvalue weighted by atomic mass is 10.1. The summed E-state index contributed by atoms with van der Waals surface area (Å²) in [4.78, 5) is 48.2. The number of hydrogen-bond donors (Lipinski definition) is 1. The lowest BCUT2D eigenvalue weighted by Crippen LogP contribution is -2.50. The Morgan fingerprint density at radius 3 is 2.48 bits per heavy atom. The Morgan fingerprint density at radius 1 is 1.12 bits per heavy atom. The number of amides is 1. The Labute approximate surface area is 246 Å². The topological polar surface area (TPSA) is 99.0 Å². The number of aromatic carboxylic acids is 1. The van der Waals surface area contributed by atoms with Crippen LogP contribution in [-0.2, 0) is 4.79 Å². The van der Waals surface area contributed by atoms with E-state index in [9.17, 15) is 19.5 Å². The van der Waals surface area contributed by atoms with Crippen molar-refractivity contribution in [1.82, 2.24) is 14.5 Å². The summed E-state index contributed by atoms with van der Waals surface area (Å²) >= 11 is 1.45. The summed E-state index contributed by atoms with van der Waals surface area (Å²) < 4.78 is 17.1. The van der Waals surface area contributed by atoms with Gasteiger partial charge in [0.05, 0.1) is 23.4 Å². The van der Waals surface area contributed by atoms with Gasteiger partial charge in [-0.05, 0) is 38.8 Å². The molecule has 4 aromatic rings. The number of nitrogens with zero attached hydrogens (tertiary/aromatic N) is 5. The minimum atomic E-state index is -1.31. The van der Waals surface area contributed by atoms with Gasteiger partial charge in [-0.25, -0.2) is 14.2 Å². The number of carbonyl (C=O) groups excluding carboxylic acids is 1. The number of pyridine rings is 1. The summed E-state index contributed by atoms with van der Waals surface area (Å²) in [5.41, 5.74) is 2.95. The molecule has 2 fully saturated rings. The first kappa shape index (κ1) is 28.0. The number of rotatable bonds is 8. The van der Waals surface area contributed by atoms with Gasteiger partial charge >= 0.3 is 5.97 Å². The number of anilines is 2. The van der Waals surface area contributed by atoms with Crippen LogP contribution in [-0.4, -0.2) is 70.7 Å². The number of carboxylic acid groups (broad SMARTS) is 1. The summed E-state index contributed by atoms with van der Waals surface area (Å²) in [6.45, 7) is 6.88. The molecular formula is C31H32FN5O4S. The SMILES string of the molecule is CCN(C(=O)CN1CCN(c2cc3c(cc2F)c(=O)c(C(=O)O)cn3C2CC2)CC1)c1nc(-c2ccc(C)cc2)cs1. The zero-order valence-electron chi connectivity index (χ0n) is 23.5. The number of likely N-dealkylation sites (N-methyl/N-ethyl adjacent to an activating group) is 1. The number of fused-ring (bicyclic) bond motifs is 1. The highest BCUT2D eigenvalue weighted by atomic mass is 32.1. The third-order valence-corrected chi connectivity index (χ3v) is 8.89. The van der Waals surface area contributed by atoms with E-state index in [1.807, 2.05) is 48.4 Å². The average molecular weight is 590 g/mol. The van der Waals surface area contributed by atoms with Gasteiger partial charge in [0.1, 0.15) is 11.4 Å². The van der Waals surface area contributed by atoms with Gasteiger partial charge in [0.2, 0.25) is 11.3 Å². The summed E-state index contributed by atoms with van der Waals surface area (Å²) in [7, 11) is 0. The van der Waals surface area contributed by atoms with Crippen molar-refractivity contribution < 1.29 is 19.1 Å². The second-order valence-corrected chi connectivity index (χ2v) is 11.8. The van der Waals surface area contributed by atoms with Crippen LogP contribution < -0.4 is 15.2 Å². The highest BCUT2D eigenvalue weighted by Crippen LogP contribution is 2.38. The maximum atomic E-state index is 15.3. The minimum Gasteiger partial charge on any atom is -0.477 e. The fourth-order valence-corrected chi connectivity index (χ4v) is 6.41. The van der Waals surface area contributed by atoms with E-state index in [0.717, 1.165) is 24.1 Å². The molecular weight excluding hydrogens is 557 g/mol. The molecule has 1 saturated heterocycles. The second kappa shape index (κ2) is 11.3. The average Bonchev–Trinajstić information content (AvgIpc) is 3.71. The number of halogens is 1. The number of thiazole rings is 1. The van der Waals surface area contributed by atoms with Crippen molar-refractivity contribution in [2.45, 2.75) is 32.7 Å². The van der Waals surface area contributed by atoms with Gasteiger partial charge in [0.25, 0.3) is 0 Å². The van der Waals surface area contributed by atoms with Crippen LogP contribution in [0.1, 0.15) is 41.7 Å². The van der Waals surface area contributed by atoms with Crippen LogP contribution in [0.3, 0.4) is 0 Å². The van der Waals surface area contributed by atoms with Gasteiger partial charge in [-0.15, -0.1) is 11.3 Å². The number of carbonyl (C=O) groups is 2. The number of piperazine rings is 1. The lowest BCUT2D eigenvalue weighted by molar-refractivity contribution is -0.119. The number of benzene rings is 2. The fourth-order valence-electron chi connectivity index (χ4n) is 5.50. The van der Waals surface area contributed by atoms with Crippen LogP contribution in [0, 0.1) is 12.7 Å². The van der Waals surface area contributed by atoms with Crippen molar-refractivity contribution in [2.75, 3.05) is 49.1 Å². The zero-order chi connectivity index (χ0) is 29.5. The van der Waals surface area contributed by atoms with Crippen LogP contribution in [0.2, 0.25) is 0 Å². The number of aromatic nitrogens is 2. The molecule has 1 aliphatic carbocycles. The molecule has 42 heavy (non-hydrogen) atoms. The number of carboxylic acids is 1. The number of hydrogen-bond acceptors (Lipinski definition) is 7. The largest absolute Gasteiger partial charge is 0.477 e. The maximum absolute atomic E-state index is 15.3. The van der Waals surface area contributed by atoms with Gasteiger partial charge in [0.15, 0.2) is 5.13 Å². The summed E-state index contributed by atoms with van der Waals surface area (Å²) in [5.74, 6) is -1.90. The molecule has 0 spiro atoms. The van der Waals surface area contributed by atoms with Crippen LogP contribution >= 0.6 is 11.3 Å². The van der Waals surface area contributed by atoms with Gasteiger partial charge in [-0.1, -0.05) is 29.8 Å². The van der Waals surface area contributed by atoms with Crippen LogP contribution in [0.25, 0.3) is 22.2 Å². The molecule has 1 aliphatic heterocycles. The first-order chi connectivity index (χ1) is 20.2. The maximum Gasteiger partial charge on any atom is 0.341 e. The van der Waals surface area contributed by atoms with Gasteiger partial charge in [-0.2, -0.15) is 0 Å². The summed E-state index contributed by atoms with van der Waals surface area (Å²) in [6, 6.07) is 11.1. The van der Waals surface area contributed by atoms with E-state index in [1.165, 1.54) is 29.2 Å². The third kappa shape index (κ3) is 5.41. The van der Waals surface area contributed by atoms with Crippen LogP contribution in [0.5, 0.6) is 0 Å². The predicted octanol–water partition coefficient (Wildman–Crippen LogP) is 4.78. The molecule has 1 amide bonds. The van der Waals surface area contributed by atoms with E-state index >= 15 is 4.39 Å². The van der Waals surface area contributed by atoms with Crippen molar-refractivity contribution >= 4 is 44.9 Å². The Hall–Kier alpha value is -4.09. The predicted molar refractivity (Wildman–Crippen MR) is 162 cm³/mol. The van der Waals surface area contributed by atoms with E-state index in [4.69, 9.17) is 4.98 Å². The Bertz CT molecular complexity index is 1720. The molecule has 6 rings (SSSR count). The molecule has 2 aromatic carbocycles. The fraction of sp³-hybridized carbons (Fsp3) is 0.355. The van der Waals surface area contributed by atoms with Gasteiger partial charge in [-0.3, -0.25) is 19.4 Å². The second-order valence-electron chi connectivity index (χ2n) is 10.9. The van der Waals surface area contributed by atoms with Crippen molar-refractivity contribution in [1.29, 1.82) is 0 Å². The van der Waals surface area contributed by atoms with E-state index < -0.39 is 17.2 Å². The lowest BCUT2D eigenvalue weighted by Gasteiger charge is -2.36. The normalized spacial score (nSPS) is 15.7. The van der Waals surface area contributed by atoms with Crippen molar-refractivity contribution in [3.63, 3.8) is 0 Å². The molecule has 218 valence electrons. The van der Waals surface area contributed by atoms with E-state index in [-0.39, 0.29) is 29.4 Å². The summed E-state index contributed by atoms with van der Waals surface area (Å²) in [5, 5.41) is 12.2. The van der Waals surface area contributed by atoms with E-state index in [1.54, 1.807) is 15.5 Å². The van der Waals surface area contributed by atoms with E-state index in [0.29, 0.717) is 49.1 Å². The molecule has 0 bridgehead atoms. The molecule has 3 heterocycles. The number of aryl methyl sites for hydroxylation is 1. The molecule has 2 aromatic heterocycles. The van der Waals surface area contributed by atoms with Crippen LogP contribution in [0.15, 0.2) is 52.8 Å². The molecule has 1 N–H and O–H groups in total. The minimum absolute atomic E-state index is 0.0321. The summed E-state index contributed by atoms with van der Waals surface area (Å²) in [6.07, 6.45) is 3.17. The zero-order valence-corrected chi connectivity index (χ0v) is 24.4. The molecule has 2 aliphatic rings. The first-order valence-corrected chi connectivity index (χ1v) is 15.0. The molecule has 0 unspecified atom stereocenters. The van der Waals surface area contributed by atoms with Crippen LogP contribution in [0.4, 0.5) is 15.2 Å². The van der Waals surface area contributed by atoms with Gasteiger partial charge in [0, 0.05) is 61.3 Å². The molecule has 0 radical (unpaired) electrons. The Morgan fingerprint density at radius 2 is 1.83 bits per heavy atom. The third-order valence-electron chi connectivity index (χ3n) is 8.03. The quantitative estimate of drug-likeness (QED) is 0.316. The Balaban J connectivity index is 1.15. The monoisotopic (exact) mass is 589 g/mol. The Kier molecular flexibility index (Phi) is 7.54. The molecule has 9 nitrogen and oxygen atoms in total. The van der Waals surface area contributed by atoms with E-state index in [2.05, 4.69) is 4.90 Å². The highest BCUT2D eigenvalue weighted by Gasteiger charge is 2.29. The highest BCUT2D eigenvalue weighted by molar-refractivity contribution is 7.14. The smallest absolute Gasteiger partial charge is 0.341 e. The van der Waals surface area contributed by atoms with Crippen molar-refractivity contribution in [3.8, 4) is 11.3 Å².